The lowest BCUT2D eigenvalue weighted by Crippen LogP contribution is -2.61. The fourth-order valence-electron chi connectivity index (χ4n) is 3.55. The number of rotatable bonds is 2. The lowest BCUT2D eigenvalue weighted by atomic mass is 9.44. The van der Waals surface area contributed by atoms with Gasteiger partial charge in [-0.3, -0.25) is 0 Å². The summed E-state index contributed by atoms with van der Waals surface area (Å²) in [6.45, 7) is 5.59. The van der Waals surface area contributed by atoms with Crippen molar-refractivity contribution in [2.24, 2.45) is 28.9 Å². The van der Waals surface area contributed by atoms with Gasteiger partial charge in [-0.25, -0.2) is 0 Å². The van der Waals surface area contributed by atoms with Crippen molar-refractivity contribution in [3.05, 3.63) is 0 Å². The minimum atomic E-state index is 0.435. The fraction of sp³-hybridized carbons (Fsp3) is 1.00. The average molecular weight is 183 g/mol. The minimum Gasteiger partial charge on any atom is -0.384 e. The van der Waals surface area contributed by atoms with Crippen LogP contribution in [0.4, 0.5) is 0 Å². The predicted molar refractivity (Wildman–Crippen MR) is 53.3 cm³/mol. The maximum absolute atomic E-state index is 6.08. The molecule has 3 fully saturated rings. The monoisotopic (exact) mass is 183 g/mol. The highest BCUT2D eigenvalue weighted by molar-refractivity contribution is 5.08. The fourth-order valence-corrected chi connectivity index (χ4v) is 3.55. The van der Waals surface area contributed by atoms with Gasteiger partial charge in [-0.15, -0.1) is 0 Å². The van der Waals surface area contributed by atoms with Crippen LogP contribution in [0.5, 0.6) is 0 Å². The van der Waals surface area contributed by atoms with E-state index < -0.39 is 0 Å². The van der Waals surface area contributed by atoms with Crippen molar-refractivity contribution in [3.8, 4) is 0 Å². The highest BCUT2D eigenvalue weighted by Gasteiger charge is 2.58. The third-order valence-corrected chi connectivity index (χ3v) is 4.64. The molecule has 0 aromatic carbocycles. The standard InChI is InChI=1S/C11H21NO/c1-7-9-4-8(5-10(7)12)11(9,2)6-13-3/h7-10H,4-6,12H2,1-3H3. The molecule has 3 saturated carbocycles. The van der Waals surface area contributed by atoms with E-state index in [1.165, 1.54) is 12.8 Å². The summed E-state index contributed by atoms with van der Waals surface area (Å²) in [4.78, 5) is 0. The van der Waals surface area contributed by atoms with Crippen LogP contribution in [0.1, 0.15) is 26.7 Å². The van der Waals surface area contributed by atoms with Gasteiger partial charge in [-0.1, -0.05) is 13.8 Å². The Morgan fingerprint density at radius 1 is 1.46 bits per heavy atom. The Hall–Kier alpha value is -0.0800. The topological polar surface area (TPSA) is 35.2 Å². The van der Waals surface area contributed by atoms with Crippen LogP contribution in [-0.4, -0.2) is 19.8 Å². The molecule has 0 aliphatic heterocycles. The predicted octanol–water partition coefficient (Wildman–Crippen LogP) is 1.64. The van der Waals surface area contributed by atoms with Crippen LogP contribution in [0.15, 0.2) is 0 Å². The van der Waals surface area contributed by atoms with Crippen molar-refractivity contribution < 1.29 is 4.74 Å². The van der Waals surface area contributed by atoms with Gasteiger partial charge in [0, 0.05) is 13.2 Å². The van der Waals surface area contributed by atoms with E-state index in [9.17, 15) is 0 Å². The molecule has 0 amide bonds. The molecule has 5 atom stereocenters. The van der Waals surface area contributed by atoms with Crippen LogP contribution in [-0.2, 0) is 4.74 Å². The third kappa shape index (κ3) is 1.15. The van der Waals surface area contributed by atoms with E-state index in [0.717, 1.165) is 18.4 Å². The van der Waals surface area contributed by atoms with E-state index in [-0.39, 0.29) is 0 Å². The molecule has 3 aliphatic carbocycles. The smallest absolute Gasteiger partial charge is 0.0521 e. The highest BCUT2D eigenvalue weighted by Crippen LogP contribution is 2.61. The van der Waals surface area contributed by atoms with Gasteiger partial charge in [0.25, 0.3) is 0 Å². The average Bonchev–Trinajstić information content (AvgIpc) is 2.09. The first-order chi connectivity index (χ1) is 6.09. The second-order valence-corrected chi connectivity index (χ2v) is 5.24. The normalized spacial score (nSPS) is 54.5. The maximum Gasteiger partial charge on any atom is 0.0521 e. The first-order valence-electron chi connectivity index (χ1n) is 5.34. The van der Waals surface area contributed by atoms with Gasteiger partial charge in [-0.05, 0) is 36.0 Å². The molecule has 2 nitrogen and oxygen atoms in total. The number of fused-ring (bicyclic) bond motifs is 2. The Bertz CT molecular complexity index is 206. The Labute approximate surface area is 80.8 Å². The molecule has 3 rings (SSSR count). The van der Waals surface area contributed by atoms with Crippen LogP contribution in [0, 0.1) is 23.2 Å². The van der Waals surface area contributed by atoms with E-state index in [2.05, 4.69) is 13.8 Å². The van der Waals surface area contributed by atoms with E-state index >= 15 is 0 Å². The van der Waals surface area contributed by atoms with Gasteiger partial charge in [-0.2, -0.15) is 0 Å². The Kier molecular flexibility index (Phi) is 2.16. The molecule has 76 valence electrons. The number of methoxy groups -OCH3 is 1. The molecule has 0 aromatic rings. The molecule has 0 aromatic heterocycles. The summed E-state index contributed by atoms with van der Waals surface area (Å²) in [5.74, 6) is 2.31. The molecule has 2 bridgehead atoms. The van der Waals surface area contributed by atoms with Crippen LogP contribution in [0.2, 0.25) is 0 Å². The van der Waals surface area contributed by atoms with Gasteiger partial charge in [0.05, 0.1) is 6.61 Å². The van der Waals surface area contributed by atoms with Crippen LogP contribution in [0.25, 0.3) is 0 Å². The molecule has 0 spiro atoms. The molecule has 2 heteroatoms. The lowest BCUT2D eigenvalue weighted by molar-refractivity contribution is -0.153. The summed E-state index contributed by atoms with van der Waals surface area (Å²) in [6, 6.07) is 0.439. The Morgan fingerprint density at radius 2 is 2.15 bits per heavy atom. The quantitative estimate of drug-likeness (QED) is 0.706. The molecule has 0 saturated heterocycles. The van der Waals surface area contributed by atoms with E-state index in [4.69, 9.17) is 10.5 Å². The van der Waals surface area contributed by atoms with Gasteiger partial charge in [0.2, 0.25) is 0 Å². The molecule has 5 unspecified atom stereocenters. The Morgan fingerprint density at radius 3 is 2.69 bits per heavy atom. The minimum absolute atomic E-state index is 0.435. The zero-order valence-corrected chi connectivity index (χ0v) is 8.92. The zero-order chi connectivity index (χ0) is 9.64. The van der Waals surface area contributed by atoms with E-state index in [1.807, 2.05) is 7.11 Å². The second kappa shape index (κ2) is 2.96. The van der Waals surface area contributed by atoms with Gasteiger partial charge in [0.15, 0.2) is 0 Å². The molecule has 0 radical (unpaired) electrons. The van der Waals surface area contributed by atoms with Gasteiger partial charge in [0.1, 0.15) is 0 Å². The molecule has 13 heavy (non-hydrogen) atoms. The lowest BCUT2D eigenvalue weighted by Gasteiger charge is -2.62. The molecule has 2 N–H and O–H groups in total. The highest BCUT2D eigenvalue weighted by atomic mass is 16.5. The number of nitrogens with two attached hydrogens (primary N) is 1. The number of hydrogen-bond acceptors (Lipinski definition) is 2. The Balaban J connectivity index is 2.10. The van der Waals surface area contributed by atoms with Crippen molar-refractivity contribution in [1.82, 2.24) is 0 Å². The van der Waals surface area contributed by atoms with Crippen molar-refractivity contribution >= 4 is 0 Å². The maximum atomic E-state index is 6.08. The molecular formula is C11H21NO. The molecule has 3 aliphatic rings. The van der Waals surface area contributed by atoms with Crippen LogP contribution >= 0.6 is 0 Å². The van der Waals surface area contributed by atoms with Crippen molar-refractivity contribution in [2.75, 3.05) is 13.7 Å². The number of hydrogen-bond donors (Lipinski definition) is 1. The van der Waals surface area contributed by atoms with Crippen molar-refractivity contribution in [3.63, 3.8) is 0 Å². The van der Waals surface area contributed by atoms with E-state index in [1.54, 1.807) is 0 Å². The van der Waals surface area contributed by atoms with Crippen molar-refractivity contribution in [2.45, 2.75) is 32.7 Å². The summed E-state index contributed by atoms with van der Waals surface area (Å²) in [5, 5.41) is 0. The van der Waals surface area contributed by atoms with Crippen LogP contribution in [0.3, 0.4) is 0 Å². The first kappa shape index (κ1) is 9.47. The third-order valence-electron chi connectivity index (χ3n) is 4.64. The molecule has 0 heterocycles. The summed E-state index contributed by atoms with van der Waals surface area (Å²) in [5.41, 5.74) is 6.51. The molecular weight excluding hydrogens is 162 g/mol. The SMILES string of the molecule is COCC1(C)C2CC(N)C(C)C1C2. The van der Waals surface area contributed by atoms with Gasteiger partial charge >= 0.3 is 0 Å². The van der Waals surface area contributed by atoms with Crippen molar-refractivity contribution in [1.29, 1.82) is 0 Å². The first-order valence-corrected chi connectivity index (χ1v) is 5.34. The summed E-state index contributed by atoms with van der Waals surface area (Å²) < 4.78 is 5.33. The summed E-state index contributed by atoms with van der Waals surface area (Å²) >= 11 is 0. The second-order valence-electron chi connectivity index (χ2n) is 5.24. The largest absolute Gasteiger partial charge is 0.384 e. The number of ether oxygens (including phenoxy) is 1. The van der Waals surface area contributed by atoms with E-state index in [0.29, 0.717) is 17.4 Å². The van der Waals surface area contributed by atoms with Crippen LogP contribution < -0.4 is 5.73 Å². The summed E-state index contributed by atoms with van der Waals surface area (Å²) in [7, 11) is 1.81. The van der Waals surface area contributed by atoms with Gasteiger partial charge < -0.3 is 10.5 Å². The zero-order valence-electron chi connectivity index (χ0n) is 8.92. The summed E-state index contributed by atoms with van der Waals surface area (Å²) in [6.07, 6.45) is 2.59.